The fraction of sp³-hybridized carbons (Fsp3) is 1.00. The Kier molecular flexibility index (Phi) is 7.90. The van der Waals surface area contributed by atoms with Gasteiger partial charge in [-0.15, -0.1) is 0 Å². The van der Waals surface area contributed by atoms with E-state index in [1.54, 1.807) is 6.92 Å². The number of rotatable bonds is 8. The monoisotopic (exact) mass is 220 g/mol. The van der Waals surface area contributed by atoms with Crippen LogP contribution in [-0.2, 0) is 4.74 Å². The van der Waals surface area contributed by atoms with E-state index in [0.29, 0.717) is 18.1 Å². The van der Waals surface area contributed by atoms with Crippen LogP contribution < -0.4 is 0 Å². The molecule has 3 atom stereocenters. The first-order valence-electron chi connectivity index (χ1n) is 5.38. The van der Waals surface area contributed by atoms with Gasteiger partial charge in [-0.25, -0.2) is 0 Å². The van der Waals surface area contributed by atoms with Gasteiger partial charge in [0.15, 0.2) is 0 Å². The van der Waals surface area contributed by atoms with E-state index in [-0.39, 0.29) is 6.61 Å². The van der Waals surface area contributed by atoms with Crippen molar-refractivity contribution in [2.75, 3.05) is 20.3 Å². The van der Waals surface area contributed by atoms with Crippen LogP contribution in [0, 0.1) is 5.21 Å². The molecule has 5 nitrogen and oxygen atoms in total. The van der Waals surface area contributed by atoms with Crippen LogP contribution in [0.5, 0.6) is 0 Å². The van der Waals surface area contributed by atoms with Crippen molar-refractivity contribution in [3.05, 3.63) is 5.21 Å². The Morgan fingerprint density at radius 3 is 2.33 bits per heavy atom. The number of aliphatic hydroxyl groups excluding tert-OH is 2. The predicted molar refractivity (Wildman–Crippen MR) is 58.3 cm³/mol. The molecule has 0 aromatic rings. The van der Waals surface area contributed by atoms with Crippen LogP contribution in [-0.4, -0.2) is 53.8 Å². The van der Waals surface area contributed by atoms with Crippen LogP contribution in [0.2, 0.25) is 0 Å². The average Bonchev–Trinajstić information content (AvgIpc) is 2.18. The second-order valence-corrected chi connectivity index (χ2v) is 3.65. The van der Waals surface area contributed by atoms with Gasteiger partial charge in [0.05, 0.1) is 12.7 Å². The molecule has 0 heterocycles. The Labute approximate surface area is 91.2 Å². The first kappa shape index (κ1) is 14.8. The van der Waals surface area contributed by atoms with Crippen molar-refractivity contribution >= 4 is 0 Å². The molecule has 15 heavy (non-hydrogen) atoms. The van der Waals surface area contributed by atoms with Gasteiger partial charge < -0.3 is 25.2 Å². The van der Waals surface area contributed by atoms with Crippen molar-refractivity contribution in [1.82, 2.24) is 5.06 Å². The second kappa shape index (κ2) is 8.01. The Bertz CT molecular complexity index is 154. The fourth-order valence-corrected chi connectivity index (χ4v) is 1.42. The Balaban J connectivity index is 3.98. The van der Waals surface area contributed by atoms with E-state index in [2.05, 4.69) is 0 Å². The summed E-state index contributed by atoms with van der Waals surface area (Å²) in [4.78, 5) is 0. The van der Waals surface area contributed by atoms with Crippen LogP contribution in [0.3, 0.4) is 0 Å². The largest absolute Gasteiger partial charge is 0.785 e. The van der Waals surface area contributed by atoms with E-state index in [1.807, 2.05) is 6.92 Å². The minimum atomic E-state index is -1.06. The molecule has 0 aromatic heterocycles. The second-order valence-electron chi connectivity index (χ2n) is 3.65. The molecule has 0 aliphatic heterocycles. The standard InChI is InChI=1S/C10H22NO4/c1-4-6-15-7-9(12)10(13)8(5-2)11(3)14/h8-10,12-13H,4-7H2,1-3H3/q-1. The fourth-order valence-electron chi connectivity index (χ4n) is 1.42. The molecule has 0 saturated carbocycles. The average molecular weight is 220 g/mol. The number of ether oxygens (including phenoxy) is 1. The van der Waals surface area contributed by atoms with Gasteiger partial charge in [-0.1, -0.05) is 13.8 Å². The molecular formula is C10H22NO4-. The third-order valence-corrected chi connectivity index (χ3v) is 2.31. The number of nitrogens with zero attached hydrogens (tertiary/aromatic N) is 1. The molecular weight excluding hydrogens is 198 g/mol. The van der Waals surface area contributed by atoms with Gasteiger partial charge in [-0.3, -0.25) is 0 Å². The zero-order valence-corrected chi connectivity index (χ0v) is 9.72. The molecule has 3 unspecified atom stereocenters. The number of hydroxylamine groups is 2. The summed E-state index contributed by atoms with van der Waals surface area (Å²) in [6, 6.07) is -0.578. The summed E-state index contributed by atoms with van der Waals surface area (Å²) in [7, 11) is 1.34. The lowest BCUT2D eigenvalue weighted by molar-refractivity contribution is -0.0643. The molecule has 2 N–H and O–H groups in total. The maximum Gasteiger partial charge on any atom is 0.105 e. The zero-order valence-electron chi connectivity index (χ0n) is 9.72. The van der Waals surface area contributed by atoms with E-state index in [9.17, 15) is 15.4 Å². The summed E-state index contributed by atoms with van der Waals surface area (Å²) >= 11 is 0. The molecule has 0 aliphatic carbocycles. The third kappa shape index (κ3) is 5.44. The minimum absolute atomic E-state index is 0.0688. The lowest BCUT2D eigenvalue weighted by atomic mass is 10.0. The lowest BCUT2D eigenvalue weighted by Gasteiger charge is -2.37. The Hall–Kier alpha value is -0.200. The van der Waals surface area contributed by atoms with Crippen molar-refractivity contribution < 1.29 is 14.9 Å². The van der Waals surface area contributed by atoms with E-state index >= 15 is 0 Å². The van der Waals surface area contributed by atoms with E-state index in [0.717, 1.165) is 6.42 Å². The molecule has 92 valence electrons. The van der Waals surface area contributed by atoms with Crippen molar-refractivity contribution in [3.63, 3.8) is 0 Å². The van der Waals surface area contributed by atoms with Gasteiger partial charge in [0, 0.05) is 12.6 Å². The minimum Gasteiger partial charge on any atom is -0.785 e. The normalized spacial score (nSPS) is 17.8. The number of hydrogen-bond acceptors (Lipinski definition) is 5. The first-order chi connectivity index (χ1) is 7.04. The van der Waals surface area contributed by atoms with Crippen LogP contribution in [0.25, 0.3) is 0 Å². The summed E-state index contributed by atoms with van der Waals surface area (Å²) in [5.41, 5.74) is 0. The number of hydrogen-bond donors (Lipinski definition) is 2. The molecule has 0 rings (SSSR count). The summed E-state index contributed by atoms with van der Waals surface area (Å²) in [5, 5.41) is 31.0. The number of aliphatic hydroxyl groups is 2. The van der Waals surface area contributed by atoms with Crippen molar-refractivity contribution in [2.45, 2.75) is 44.9 Å². The summed E-state index contributed by atoms with van der Waals surface area (Å²) in [5.74, 6) is 0. The molecule has 0 aliphatic rings. The van der Waals surface area contributed by atoms with Gasteiger partial charge in [-0.2, -0.15) is 0 Å². The Morgan fingerprint density at radius 1 is 1.33 bits per heavy atom. The maximum absolute atomic E-state index is 11.1. The van der Waals surface area contributed by atoms with E-state index in [1.165, 1.54) is 7.05 Å². The van der Waals surface area contributed by atoms with Gasteiger partial charge in [0.25, 0.3) is 0 Å². The van der Waals surface area contributed by atoms with E-state index in [4.69, 9.17) is 4.74 Å². The Morgan fingerprint density at radius 2 is 1.93 bits per heavy atom. The molecule has 0 saturated heterocycles. The first-order valence-corrected chi connectivity index (χ1v) is 5.38. The van der Waals surface area contributed by atoms with E-state index < -0.39 is 18.2 Å². The van der Waals surface area contributed by atoms with Crippen LogP contribution in [0.4, 0.5) is 0 Å². The van der Waals surface area contributed by atoms with Crippen LogP contribution in [0.1, 0.15) is 26.7 Å². The van der Waals surface area contributed by atoms with Gasteiger partial charge in [-0.05, 0) is 19.9 Å². The van der Waals surface area contributed by atoms with Gasteiger partial charge in [0.1, 0.15) is 6.10 Å². The molecule has 0 amide bonds. The highest BCUT2D eigenvalue weighted by atomic mass is 16.5. The van der Waals surface area contributed by atoms with Gasteiger partial charge in [0.2, 0.25) is 0 Å². The summed E-state index contributed by atoms with van der Waals surface area (Å²) in [6.07, 6.45) is -0.708. The maximum atomic E-state index is 11.1. The predicted octanol–water partition coefficient (Wildman–Crippen LogP) is 0.343. The SMILES string of the molecule is CCCOCC(O)C(O)C(CC)N(C)[O-]. The highest BCUT2D eigenvalue weighted by Gasteiger charge is 2.24. The van der Waals surface area contributed by atoms with Gasteiger partial charge >= 0.3 is 0 Å². The number of likely N-dealkylation sites (N-methyl/N-ethyl adjacent to an activating group) is 1. The van der Waals surface area contributed by atoms with Crippen LogP contribution in [0.15, 0.2) is 0 Å². The lowest BCUT2D eigenvalue weighted by Crippen LogP contribution is -2.46. The van der Waals surface area contributed by atoms with Crippen molar-refractivity contribution in [1.29, 1.82) is 0 Å². The highest BCUT2D eigenvalue weighted by molar-refractivity contribution is 4.81. The molecule has 0 spiro atoms. The molecule has 0 bridgehead atoms. The molecule has 0 radical (unpaired) electrons. The highest BCUT2D eigenvalue weighted by Crippen LogP contribution is 2.10. The smallest absolute Gasteiger partial charge is 0.105 e. The zero-order chi connectivity index (χ0) is 11.8. The third-order valence-electron chi connectivity index (χ3n) is 2.31. The summed E-state index contributed by atoms with van der Waals surface area (Å²) in [6.45, 7) is 4.37. The quantitative estimate of drug-likeness (QED) is 0.456. The van der Waals surface area contributed by atoms with Crippen molar-refractivity contribution in [2.24, 2.45) is 0 Å². The molecule has 0 aromatic carbocycles. The van der Waals surface area contributed by atoms with Crippen molar-refractivity contribution in [3.8, 4) is 0 Å². The molecule has 5 heteroatoms. The summed E-state index contributed by atoms with van der Waals surface area (Å²) < 4.78 is 5.11. The van der Waals surface area contributed by atoms with Crippen LogP contribution >= 0.6 is 0 Å². The topological polar surface area (TPSA) is 76.0 Å². The molecule has 0 fully saturated rings.